The third-order valence-electron chi connectivity index (χ3n) is 5.91. The first-order valence-corrected chi connectivity index (χ1v) is 10.6. The summed E-state index contributed by atoms with van der Waals surface area (Å²) in [6.07, 6.45) is 10.1. The summed E-state index contributed by atoms with van der Waals surface area (Å²) in [4.78, 5) is 11.8. The molecule has 0 atom stereocenters. The highest BCUT2D eigenvalue weighted by atomic mass is 15.1. The standard InChI is InChI=1S/C23H27N7/c1-16-7-9-29(10-8-16)15-18-3-5-20(6-4-18)28-22-23-24-13-21(19-11-25-26-12-19)30(23)14-17(2)27-22/h3-6,11-14,16H,7-10,15H2,1-2H3,(H,25,26)(H,27,28). The summed E-state index contributed by atoms with van der Waals surface area (Å²) in [6, 6.07) is 8.66. The van der Waals surface area contributed by atoms with Gasteiger partial charge in [-0.2, -0.15) is 5.10 Å². The Kier molecular flexibility index (Phi) is 4.96. The Morgan fingerprint density at radius 1 is 1.13 bits per heavy atom. The van der Waals surface area contributed by atoms with Gasteiger partial charge in [-0.15, -0.1) is 0 Å². The number of nitrogens with zero attached hydrogens (tertiary/aromatic N) is 5. The van der Waals surface area contributed by atoms with Gasteiger partial charge in [-0.3, -0.25) is 14.4 Å². The van der Waals surface area contributed by atoms with Crippen molar-refractivity contribution in [1.82, 2.24) is 29.5 Å². The molecule has 2 N–H and O–H groups in total. The normalized spacial score (nSPS) is 15.7. The van der Waals surface area contributed by atoms with Crippen LogP contribution in [-0.2, 0) is 6.54 Å². The van der Waals surface area contributed by atoms with E-state index in [1.54, 1.807) is 6.20 Å². The highest BCUT2D eigenvalue weighted by Gasteiger charge is 2.16. The van der Waals surface area contributed by atoms with Crippen molar-refractivity contribution >= 4 is 17.2 Å². The number of likely N-dealkylation sites (tertiary alicyclic amines) is 1. The first-order valence-electron chi connectivity index (χ1n) is 10.6. The predicted octanol–water partition coefficient (Wildman–Crippen LogP) is 4.40. The summed E-state index contributed by atoms with van der Waals surface area (Å²) in [5.41, 5.74) is 6.06. The predicted molar refractivity (Wildman–Crippen MR) is 119 cm³/mol. The van der Waals surface area contributed by atoms with Crippen LogP contribution in [0.5, 0.6) is 0 Å². The summed E-state index contributed by atoms with van der Waals surface area (Å²) in [7, 11) is 0. The number of H-pyrrole nitrogens is 1. The van der Waals surface area contributed by atoms with E-state index in [2.05, 4.69) is 66.0 Å². The average molecular weight is 402 g/mol. The van der Waals surface area contributed by atoms with Crippen LogP contribution in [0.3, 0.4) is 0 Å². The van der Waals surface area contributed by atoms with Crippen LogP contribution in [0.25, 0.3) is 16.9 Å². The molecule has 0 radical (unpaired) electrons. The Morgan fingerprint density at radius 2 is 1.93 bits per heavy atom. The van der Waals surface area contributed by atoms with Crippen molar-refractivity contribution in [2.45, 2.75) is 33.2 Å². The van der Waals surface area contributed by atoms with Gasteiger partial charge in [0.1, 0.15) is 0 Å². The fraction of sp³-hybridized carbons (Fsp3) is 0.348. The maximum absolute atomic E-state index is 4.69. The van der Waals surface area contributed by atoms with Gasteiger partial charge in [0.05, 0.1) is 23.8 Å². The zero-order chi connectivity index (χ0) is 20.5. The van der Waals surface area contributed by atoms with Crippen molar-refractivity contribution in [1.29, 1.82) is 0 Å². The minimum Gasteiger partial charge on any atom is -0.337 e. The van der Waals surface area contributed by atoms with E-state index in [1.165, 1.54) is 31.5 Å². The van der Waals surface area contributed by atoms with Gasteiger partial charge in [0.15, 0.2) is 11.5 Å². The summed E-state index contributed by atoms with van der Waals surface area (Å²) < 4.78 is 2.06. The van der Waals surface area contributed by atoms with E-state index >= 15 is 0 Å². The van der Waals surface area contributed by atoms with Crippen LogP contribution >= 0.6 is 0 Å². The van der Waals surface area contributed by atoms with E-state index in [1.807, 2.05) is 25.5 Å². The average Bonchev–Trinajstić information content (AvgIpc) is 3.41. The molecule has 7 nitrogen and oxygen atoms in total. The number of piperidine rings is 1. The van der Waals surface area contributed by atoms with E-state index in [9.17, 15) is 0 Å². The first kappa shape index (κ1) is 18.8. The van der Waals surface area contributed by atoms with Gasteiger partial charge in [-0.25, -0.2) is 9.97 Å². The lowest BCUT2D eigenvalue weighted by Gasteiger charge is -2.30. The molecule has 1 saturated heterocycles. The Hall–Kier alpha value is -3.19. The van der Waals surface area contributed by atoms with Crippen molar-refractivity contribution in [3.63, 3.8) is 0 Å². The fourth-order valence-electron chi connectivity index (χ4n) is 4.11. The molecule has 1 fully saturated rings. The van der Waals surface area contributed by atoms with Gasteiger partial charge in [-0.1, -0.05) is 19.1 Å². The number of aromatic nitrogens is 5. The minimum atomic E-state index is 0.752. The molecular formula is C23H27N7. The zero-order valence-electron chi connectivity index (χ0n) is 17.5. The third kappa shape index (κ3) is 3.80. The molecule has 1 aromatic carbocycles. The molecule has 1 aliphatic rings. The number of aromatic amines is 1. The molecule has 0 saturated carbocycles. The molecule has 0 spiro atoms. The lowest BCUT2D eigenvalue weighted by Crippen LogP contribution is -2.32. The zero-order valence-corrected chi connectivity index (χ0v) is 17.5. The van der Waals surface area contributed by atoms with Crippen molar-refractivity contribution in [2.24, 2.45) is 5.92 Å². The molecule has 4 aromatic rings. The Balaban J connectivity index is 1.35. The van der Waals surface area contributed by atoms with Gasteiger partial charge in [0.25, 0.3) is 0 Å². The molecule has 5 rings (SSSR count). The number of fused-ring (bicyclic) bond motifs is 1. The molecule has 154 valence electrons. The van der Waals surface area contributed by atoms with Crippen molar-refractivity contribution < 1.29 is 0 Å². The summed E-state index contributed by atoms with van der Waals surface area (Å²) in [6.45, 7) is 7.77. The Morgan fingerprint density at radius 3 is 2.67 bits per heavy atom. The smallest absolute Gasteiger partial charge is 0.180 e. The maximum atomic E-state index is 4.69. The number of hydrogen-bond donors (Lipinski definition) is 2. The summed E-state index contributed by atoms with van der Waals surface area (Å²) >= 11 is 0. The number of aryl methyl sites for hydroxylation is 1. The lowest BCUT2D eigenvalue weighted by atomic mass is 9.99. The largest absolute Gasteiger partial charge is 0.337 e. The minimum absolute atomic E-state index is 0.752. The highest BCUT2D eigenvalue weighted by molar-refractivity contribution is 5.74. The van der Waals surface area contributed by atoms with Crippen LogP contribution in [0.2, 0.25) is 0 Å². The van der Waals surface area contributed by atoms with Gasteiger partial charge in [0.2, 0.25) is 0 Å². The number of hydrogen-bond acceptors (Lipinski definition) is 5. The van der Waals surface area contributed by atoms with Gasteiger partial charge in [-0.05, 0) is 56.5 Å². The van der Waals surface area contributed by atoms with E-state index in [0.29, 0.717) is 0 Å². The summed E-state index contributed by atoms with van der Waals surface area (Å²) in [5.74, 6) is 1.62. The number of benzene rings is 1. The van der Waals surface area contributed by atoms with Crippen LogP contribution in [0.1, 0.15) is 31.0 Å². The fourth-order valence-corrected chi connectivity index (χ4v) is 4.11. The van der Waals surface area contributed by atoms with Crippen LogP contribution < -0.4 is 5.32 Å². The maximum Gasteiger partial charge on any atom is 0.180 e. The lowest BCUT2D eigenvalue weighted by molar-refractivity contribution is 0.185. The van der Waals surface area contributed by atoms with Gasteiger partial charge in [0, 0.05) is 30.2 Å². The van der Waals surface area contributed by atoms with E-state index in [-0.39, 0.29) is 0 Å². The van der Waals surface area contributed by atoms with Crippen LogP contribution in [0.15, 0.2) is 49.1 Å². The second-order valence-corrected chi connectivity index (χ2v) is 8.34. The molecule has 0 unspecified atom stereocenters. The van der Waals surface area contributed by atoms with Crippen LogP contribution in [0, 0.1) is 12.8 Å². The second-order valence-electron chi connectivity index (χ2n) is 8.34. The van der Waals surface area contributed by atoms with E-state index < -0.39 is 0 Å². The molecule has 0 bridgehead atoms. The quantitative estimate of drug-likeness (QED) is 0.518. The monoisotopic (exact) mass is 401 g/mol. The first-order chi connectivity index (χ1) is 14.7. The topological polar surface area (TPSA) is 74.1 Å². The van der Waals surface area contributed by atoms with Crippen molar-refractivity contribution in [3.8, 4) is 11.3 Å². The number of anilines is 2. The number of rotatable bonds is 5. The second kappa shape index (κ2) is 7.91. The number of imidazole rings is 1. The molecule has 0 aliphatic carbocycles. The summed E-state index contributed by atoms with van der Waals surface area (Å²) in [5, 5.41) is 10.4. The molecule has 0 amide bonds. The SMILES string of the molecule is Cc1cn2c(-c3cn[nH]c3)cnc2c(Nc2ccc(CN3CCC(C)CC3)cc2)n1. The van der Waals surface area contributed by atoms with Gasteiger partial charge >= 0.3 is 0 Å². The van der Waals surface area contributed by atoms with Crippen molar-refractivity contribution in [3.05, 3.63) is 60.3 Å². The Labute approximate surface area is 176 Å². The number of nitrogens with one attached hydrogen (secondary N) is 2. The molecule has 7 heteroatoms. The van der Waals surface area contributed by atoms with E-state index in [4.69, 9.17) is 0 Å². The third-order valence-corrected chi connectivity index (χ3v) is 5.91. The van der Waals surface area contributed by atoms with E-state index in [0.717, 1.165) is 46.6 Å². The molecule has 3 aromatic heterocycles. The van der Waals surface area contributed by atoms with Crippen LogP contribution in [-0.4, -0.2) is 42.6 Å². The molecule has 4 heterocycles. The van der Waals surface area contributed by atoms with Crippen molar-refractivity contribution in [2.75, 3.05) is 18.4 Å². The van der Waals surface area contributed by atoms with Crippen LogP contribution in [0.4, 0.5) is 11.5 Å². The van der Waals surface area contributed by atoms with Gasteiger partial charge < -0.3 is 5.32 Å². The molecule has 30 heavy (non-hydrogen) atoms. The highest BCUT2D eigenvalue weighted by Crippen LogP contribution is 2.26. The molecular weight excluding hydrogens is 374 g/mol. The Bertz CT molecular complexity index is 1120. The molecule has 1 aliphatic heterocycles.